The highest BCUT2D eigenvalue weighted by Crippen LogP contribution is 2.35. The molecule has 0 aromatic carbocycles. The Morgan fingerprint density at radius 1 is 1.25 bits per heavy atom. The molecule has 106 valence electrons. The third-order valence-electron chi connectivity index (χ3n) is 4.31. The lowest BCUT2D eigenvalue weighted by atomic mass is 9.99. The van der Waals surface area contributed by atoms with Crippen molar-refractivity contribution in [1.29, 1.82) is 0 Å². The van der Waals surface area contributed by atoms with Crippen LogP contribution in [-0.2, 0) is 12.8 Å². The van der Waals surface area contributed by atoms with E-state index in [1.165, 1.54) is 42.5 Å². The number of fused-ring (bicyclic) bond motifs is 1. The minimum absolute atomic E-state index is 0.413. The van der Waals surface area contributed by atoms with E-state index in [9.17, 15) is 0 Å². The van der Waals surface area contributed by atoms with E-state index in [2.05, 4.69) is 21.5 Å². The van der Waals surface area contributed by atoms with Gasteiger partial charge in [-0.15, -0.1) is 11.3 Å². The number of nitrogens with zero attached hydrogens (tertiary/aromatic N) is 2. The van der Waals surface area contributed by atoms with Crippen LogP contribution in [-0.4, -0.2) is 23.2 Å². The zero-order valence-corrected chi connectivity index (χ0v) is 12.3. The van der Waals surface area contributed by atoms with Gasteiger partial charge in [0.15, 0.2) is 5.82 Å². The molecule has 5 heteroatoms. The quantitative estimate of drug-likeness (QED) is 0.922. The van der Waals surface area contributed by atoms with Gasteiger partial charge in [0, 0.05) is 17.3 Å². The van der Waals surface area contributed by atoms with Crippen molar-refractivity contribution in [3.63, 3.8) is 0 Å². The Morgan fingerprint density at radius 2 is 2.20 bits per heavy atom. The third kappa shape index (κ3) is 2.29. The minimum atomic E-state index is 0.413. The second-order valence-electron chi connectivity index (χ2n) is 5.77. The molecule has 1 fully saturated rings. The van der Waals surface area contributed by atoms with Gasteiger partial charge >= 0.3 is 0 Å². The average Bonchev–Trinajstić information content (AvgIpc) is 3.14. The van der Waals surface area contributed by atoms with Crippen LogP contribution in [0.3, 0.4) is 0 Å². The van der Waals surface area contributed by atoms with E-state index < -0.39 is 0 Å². The maximum atomic E-state index is 5.50. The number of aromatic nitrogens is 2. The van der Waals surface area contributed by atoms with Gasteiger partial charge in [-0.2, -0.15) is 4.98 Å². The van der Waals surface area contributed by atoms with Gasteiger partial charge in [-0.05, 0) is 56.7 Å². The molecule has 1 saturated heterocycles. The molecule has 1 atom stereocenters. The van der Waals surface area contributed by atoms with Crippen LogP contribution in [0.15, 0.2) is 10.6 Å². The van der Waals surface area contributed by atoms with Crippen LogP contribution in [0, 0.1) is 0 Å². The molecule has 2 aliphatic rings. The molecule has 1 aliphatic heterocycles. The number of hydrogen-bond donors (Lipinski definition) is 1. The first kappa shape index (κ1) is 12.5. The van der Waals surface area contributed by atoms with E-state index in [0.29, 0.717) is 11.8 Å². The standard InChI is InChI=1S/C15H19N3OS/c1-2-6-12-10(4-1)8-13(20-12)15-17-14(18-19-15)11-5-3-7-16-9-11/h8,11,16H,1-7,9H2. The van der Waals surface area contributed by atoms with Gasteiger partial charge in [0.25, 0.3) is 5.89 Å². The summed E-state index contributed by atoms with van der Waals surface area (Å²) in [7, 11) is 0. The fourth-order valence-electron chi connectivity index (χ4n) is 3.17. The topological polar surface area (TPSA) is 51.0 Å². The van der Waals surface area contributed by atoms with Crippen LogP contribution < -0.4 is 5.32 Å². The summed E-state index contributed by atoms with van der Waals surface area (Å²) >= 11 is 1.84. The summed E-state index contributed by atoms with van der Waals surface area (Å²) in [5.74, 6) is 2.00. The van der Waals surface area contributed by atoms with Gasteiger partial charge in [-0.25, -0.2) is 0 Å². The van der Waals surface area contributed by atoms with Crippen molar-refractivity contribution in [2.75, 3.05) is 13.1 Å². The Labute approximate surface area is 122 Å². The highest BCUT2D eigenvalue weighted by molar-refractivity contribution is 7.15. The van der Waals surface area contributed by atoms with Gasteiger partial charge in [0.2, 0.25) is 0 Å². The monoisotopic (exact) mass is 289 g/mol. The maximum Gasteiger partial charge on any atom is 0.268 e. The Bertz CT molecular complexity index is 575. The highest BCUT2D eigenvalue weighted by atomic mass is 32.1. The van der Waals surface area contributed by atoms with Crippen molar-refractivity contribution in [2.24, 2.45) is 0 Å². The predicted molar refractivity (Wildman–Crippen MR) is 79.1 cm³/mol. The zero-order chi connectivity index (χ0) is 13.4. The Hall–Kier alpha value is -1.20. The summed E-state index contributed by atoms with van der Waals surface area (Å²) in [6, 6.07) is 2.26. The number of rotatable bonds is 2. The van der Waals surface area contributed by atoms with Crippen LogP contribution in [0.4, 0.5) is 0 Å². The van der Waals surface area contributed by atoms with Crippen molar-refractivity contribution in [3.05, 3.63) is 22.3 Å². The number of piperidine rings is 1. The van der Waals surface area contributed by atoms with Crippen molar-refractivity contribution in [2.45, 2.75) is 44.4 Å². The largest absolute Gasteiger partial charge is 0.333 e. The van der Waals surface area contributed by atoms with Gasteiger partial charge in [-0.1, -0.05) is 5.16 Å². The normalized spacial score (nSPS) is 22.7. The molecular weight excluding hydrogens is 270 g/mol. The molecule has 0 amide bonds. The second-order valence-corrected chi connectivity index (χ2v) is 6.90. The van der Waals surface area contributed by atoms with E-state index in [1.807, 2.05) is 11.3 Å². The number of nitrogens with one attached hydrogen (secondary N) is 1. The van der Waals surface area contributed by atoms with Crippen molar-refractivity contribution >= 4 is 11.3 Å². The van der Waals surface area contributed by atoms with Crippen molar-refractivity contribution in [3.8, 4) is 10.8 Å². The van der Waals surface area contributed by atoms with E-state index >= 15 is 0 Å². The first-order chi connectivity index (χ1) is 9.90. The fourth-order valence-corrected chi connectivity index (χ4v) is 4.34. The van der Waals surface area contributed by atoms with Gasteiger partial charge in [0.05, 0.1) is 4.88 Å². The molecule has 0 bridgehead atoms. The summed E-state index contributed by atoms with van der Waals surface area (Å²) in [5.41, 5.74) is 1.50. The van der Waals surface area contributed by atoms with Crippen LogP contribution >= 0.6 is 11.3 Å². The molecule has 1 unspecified atom stereocenters. The lowest BCUT2D eigenvalue weighted by Crippen LogP contribution is -2.28. The molecule has 0 saturated carbocycles. The second kappa shape index (κ2) is 5.30. The number of hydrogen-bond acceptors (Lipinski definition) is 5. The van der Waals surface area contributed by atoms with Crippen LogP contribution in [0.2, 0.25) is 0 Å². The first-order valence-electron chi connectivity index (χ1n) is 7.56. The van der Waals surface area contributed by atoms with E-state index in [0.717, 1.165) is 30.2 Å². The van der Waals surface area contributed by atoms with Crippen LogP contribution in [0.5, 0.6) is 0 Å². The number of thiophene rings is 1. The Balaban J connectivity index is 1.59. The fraction of sp³-hybridized carbons (Fsp3) is 0.600. The minimum Gasteiger partial charge on any atom is -0.333 e. The third-order valence-corrected chi connectivity index (χ3v) is 5.54. The molecule has 3 heterocycles. The highest BCUT2D eigenvalue weighted by Gasteiger charge is 2.23. The molecule has 2 aromatic rings. The van der Waals surface area contributed by atoms with Gasteiger partial charge in [0.1, 0.15) is 0 Å². The van der Waals surface area contributed by atoms with Crippen molar-refractivity contribution < 1.29 is 4.52 Å². The molecule has 1 N–H and O–H groups in total. The van der Waals surface area contributed by atoms with Crippen LogP contribution in [0.1, 0.15) is 47.9 Å². The molecule has 0 spiro atoms. The summed E-state index contributed by atoms with van der Waals surface area (Å²) in [5, 5.41) is 7.61. The maximum absolute atomic E-state index is 5.50. The predicted octanol–water partition coefficient (Wildman–Crippen LogP) is 3.14. The van der Waals surface area contributed by atoms with Crippen LogP contribution in [0.25, 0.3) is 10.8 Å². The molecule has 0 radical (unpaired) electrons. The molecule has 2 aromatic heterocycles. The van der Waals surface area contributed by atoms with Gasteiger partial charge in [-0.3, -0.25) is 0 Å². The molecule has 4 nitrogen and oxygen atoms in total. The lowest BCUT2D eigenvalue weighted by Gasteiger charge is -2.19. The lowest BCUT2D eigenvalue weighted by molar-refractivity contribution is 0.393. The molecular formula is C15H19N3OS. The Kier molecular flexibility index (Phi) is 3.32. The number of aryl methyl sites for hydroxylation is 2. The Morgan fingerprint density at radius 3 is 3.05 bits per heavy atom. The average molecular weight is 289 g/mol. The smallest absolute Gasteiger partial charge is 0.268 e. The summed E-state index contributed by atoms with van der Waals surface area (Å²) < 4.78 is 5.50. The first-order valence-corrected chi connectivity index (χ1v) is 8.38. The molecule has 4 rings (SSSR count). The molecule has 1 aliphatic carbocycles. The van der Waals surface area contributed by atoms with Gasteiger partial charge < -0.3 is 9.84 Å². The summed E-state index contributed by atoms with van der Waals surface area (Å²) in [4.78, 5) is 7.31. The van der Waals surface area contributed by atoms with E-state index in [4.69, 9.17) is 4.52 Å². The summed E-state index contributed by atoms with van der Waals surface area (Å²) in [6.45, 7) is 2.08. The molecule has 20 heavy (non-hydrogen) atoms. The summed E-state index contributed by atoms with van der Waals surface area (Å²) in [6.07, 6.45) is 7.41. The SMILES string of the molecule is c1c(-c2nc(C3CCCNC3)no2)sc2c1CCCC2. The van der Waals surface area contributed by atoms with E-state index in [1.54, 1.807) is 0 Å². The van der Waals surface area contributed by atoms with Crippen molar-refractivity contribution in [1.82, 2.24) is 15.5 Å². The van der Waals surface area contributed by atoms with E-state index in [-0.39, 0.29) is 0 Å². The zero-order valence-electron chi connectivity index (χ0n) is 11.5.